The lowest BCUT2D eigenvalue weighted by atomic mass is 10.3. The lowest BCUT2D eigenvalue weighted by molar-refractivity contribution is 0.0328. The zero-order valence-corrected chi connectivity index (χ0v) is 14.6. The number of methoxy groups -OCH3 is 1. The van der Waals surface area contributed by atoms with Gasteiger partial charge >= 0.3 is 0 Å². The number of nitrogens with one attached hydrogen (secondary N) is 1. The third-order valence-corrected chi connectivity index (χ3v) is 5.55. The predicted molar refractivity (Wildman–Crippen MR) is 88.2 cm³/mol. The van der Waals surface area contributed by atoms with Crippen molar-refractivity contribution in [3.8, 4) is 5.75 Å². The van der Waals surface area contributed by atoms with Crippen LogP contribution in [0.25, 0.3) is 0 Å². The van der Waals surface area contributed by atoms with Gasteiger partial charge in [-0.05, 0) is 29.6 Å². The fraction of sp³-hybridized carbons (Fsp3) is 0.333. The minimum atomic E-state index is -3.99. The number of aliphatic hydroxyl groups excluding tert-OH is 1. The summed E-state index contributed by atoms with van der Waals surface area (Å²) in [5.74, 6) is -0.629. The second kappa shape index (κ2) is 8.54. The molecule has 0 aliphatic heterocycles. The molecule has 1 atom stereocenters. The van der Waals surface area contributed by atoms with E-state index in [2.05, 4.69) is 4.72 Å². The molecule has 1 aromatic heterocycles. The molecule has 6 nitrogen and oxygen atoms in total. The molecular formula is C15H18FNO5S2. The van der Waals surface area contributed by atoms with Crippen LogP contribution >= 0.6 is 11.3 Å². The van der Waals surface area contributed by atoms with Gasteiger partial charge < -0.3 is 14.6 Å². The quantitative estimate of drug-likeness (QED) is 0.700. The van der Waals surface area contributed by atoms with Gasteiger partial charge in [-0.1, -0.05) is 6.07 Å². The van der Waals surface area contributed by atoms with Gasteiger partial charge in [-0.15, -0.1) is 11.3 Å². The molecular weight excluding hydrogens is 357 g/mol. The molecule has 0 fully saturated rings. The minimum Gasteiger partial charge on any atom is -0.495 e. The van der Waals surface area contributed by atoms with Crippen LogP contribution in [0.1, 0.15) is 11.0 Å². The number of sulfonamides is 1. The molecule has 2 rings (SSSR count). The number of thiophene rings is 1. The average molecular weight is 375 g/mol. The molecule has 0 spiro atoms. The Kier molecular flexibility index (Phi) is 6.69. The summed E-state index contributed by atoms with van der Waals surface area (Å²) in [4.78, 5) is 0.537. The van der Waals surface area contributed by atoms with Gasteiger partial charge in [-0.3, -0.25) is 0 Å². The van der Waals surface area contributed by atoms with E-state index >= 15 is 0 Å². The predicted octanol–water partition coefficient (Wildman–Crippen LogP) is 1.92. The van der Waals surface area contributed by atoms with Crippen molar-refractivity contribution < 1.29 is 27.4 Å². The zero-order chi connectivity index (χ0) is 17.6. The van der Waals surface area contributed by atoms with Gasteiger partial charge in [0.2, 0.25) is 10.0 Å². The van der Waals surface area contributed by atoms with Crippen molar-refractivity contribution in [1.29, 1.82) is 0 Å². The van der Waals surface area contributed by atoms with E-state index in [-0.39, 0.29) is 30.4 Å². The summed E-state index contributed by atoms with van der Waals surface area (Å²) in [6.07, 6.45) is -0.550. The smallest absolute Gasteiger partial charge is 0.244 e. The minimum absolute atomic E-state index is 0.0489. The fourth-order valence-corrected chi connectivity index (χ4v) is 4.02. The monoisotopic (exact) mass is 375 g/mol. The van der Waals surface area contributed by atoms with Crippen LogP contribution in [0.4, 0.5) is 4.39 Å². The third kappa shape index (κ3) is 4.74. The first-order valence-electron chi connectivity index (χ1n) is 7.07. The van der Waals surface area contributed by atoms with Gasteiger partial charge in [0.25, 0.3) is 0 Å². The Morgan fingerprint density at radius 1 is 1.38 bits per heavy atom. The molecule has 0 radical (unpaired) electrons. The second-order valence-electron chi connectivity index (χ2n) is 4.75. The number of halogens is 1. The summed E-state index contributed by atoms with van der Waals surface area (Å²) in [6.45, 7) is -0.150. The van der Waals surface area contributed by atoms with Crippen LogP contribution in [-0.4, -0.2) is 40.4 Å². The van der Waals surface area contributed by atoms with Crippen LogP contribution in [0.15, 0.2) is 40.6 Å². The summed E-state index contributed by atoms with van der Waals surface area (Å²) < 4.78 is 51.2. The van der Waals surface area contributed by atoms with E-state index in [0.29, 0.717) is 0 Å². The van der Waals surface area contributed by atoms with Crippen LogP contribution in [0.2, 0.25) is 0 Å². The van der Waals surface area contributed by atoms with Gasteiger partial charge in [-0.25, -0.2) is 17.5 Å². The van der Waals surface area contributed by atoms with E-state index in [1.165, 1.54) is 24.5 Å². The normalized spacial score (nSPS) is 13.0. The van der Waals surface area contributed by atoms with Crippen molar-refractivity contribution in [1.82, 2.24) is 4.72 Å². The van der Waals surface area contributed by atoms with Gasteiger partial charge in [-0.2, -0.15) is 0 Å². The van der Waals surface area contributed by atoms with Gasteiger partial charge in [0, 0.05) is 11.4 Å². The molecule has 1 aromatic carbocycles. The van der Waals surface area contributed by atoms with E-state index in [0.717, 1.165) is 17.0 Å². The van der Waals surface area contributed by atoms with Gasteiger partial charge in [0.05, 0.1) is 20.3 Å². The van der Waals surface area contributed by atoms with E-state index < -0.39 is 21.9 Å². The topological polar surface area (TPSA) is 84.9 Å². The number of hydrogen-bond donors (Lipinski definition) is 2. The van der Waals surface area contributed by atoms with Crippen LogP contribution in [-0.2, 0) is 14.8 Å². The van der Waals surface area contributed by atoms with Crippen molar-refractivity contribution in [2.24, 2.45) is 0 Å². The maximum absolute atomic E-state index is 13.4. The Morgan fingerprint density at radius 2 is 2.17 bits per heavy atom. The largest absolute Gasteiger partial charge is 0.495 e. The summed E-state index contributed by atoms with van der Waals surface area (Å²) in [5, 5.41) is 10.7. The Hall–Kier alpha value is -1.52. The van der Waals surface area contributed by atoms with Crippen molar-refractivity contribution in [3.05, 3.63) is 46.4 Å². The first-order valence-corrected chi connectivity index (χ1v) is 9.43. The number of benzene rings is 1. The SMILES string of the molecule is COc1ccc(F)cc1S(=O)(=O)NCC(OCCO)c1cccs1. The molecule has 0 bridgehead atoms. The molecule has 2 N–H and O–H groups in total. The van der Waals surface area contributed by atoms with Crippen molar-refractivity contribution >= 4 is 21.4 Å². The van der Waals surface area contributed by atoms with Crippen LogP contribution in [0.3, 0.4) is 0 Å². The summed E-state index contributed by atoms with van der Waals surface area (Å²) in [7, 11) is -2.68. The highest BCUT2D eigenvalue weighted by Gasteiger charge is 2.23. The number of ether oxygens (including phenoxy) is 2. The highest BCUT2D eigenvalue weighted by atomic mass is 32.2. The van der Waals surface area contributed by atoms with Crippen molar-refractivity contribution in [2.45, 2.75) is 11.0 Å². The highest BCUT2D eigenvalue weighted by molar-refractivity contribution is 7.89. The maximum atomic E-state index is 13.4. The number of rotatable bonds is 9. The first kappa shape index (κ1) is 18.8. The Balaban J connectivity index is 2.17. The molecule has 132 valence electrons. The van der Waals surface area contributed by atoms with Gasteiger partial charge in [0.1, 0.15) is 22.6 Å². The molecule has 0 saturated heterocycles. The van der Waals surface area contributed by atoms with E-state index in [1.54, 1.807) is 0 Å². The van der Waals surface area contributed by atoms with Crippen molar-refractivity contribution in [2.75, 3.05) is 26.9 Å². The Bertz CT molecular complexity index is 749. The average Bonchev–Trinajstić information content (AvgIpc) is 3.09. The van der Waals surface area contributed by atoms with E-state index in [9.17, 15) is 12.8 Å². The Morgan fingerprint density at radius 3 is 2.79 bits per heavy atom. The molecule has 0 aliphatic rings. The molecule has 0 aliphatic carbocycles. The standard InChI is InChI=1S/C15H18FNO5S2/c1-21-12-5-4-11(16)9-15(12)24(19,20)17-10-13(22-7-6-18)14-3-2-8-23-14/h2-5,8-9,13,17-18H,6-7,10H2,1H3. The Labute approximate surface area is 143 Å². The van der Waals surface area contributed by atoms with Crippen LogP contribution < -0.4 is 9.46 Å². The summed E-state index contributed by atoms with van der Waals surface area (Å²) >= 11 is 1.41. The lowest BCUT2D eigenvalue weighted by Gasteiger charge is -2.17. The maximum Gasteiger partial charge on any atom is 0.244 e. The summed E-state index contributed by atoms with van der Waals surface area (Å²) in [5.41, 5.74) is 0. The number of hydrogen-bond acceptors (Lipinski definition) is 6. The van der Waals surface area contributed by atoms with E-state index in [1.807, 2.05) is 17.5 Å². The summed E-state index contributed by atoms with van der Waals surface area (Å²) in [6, 6.07) is 6.90. The van der Waals surface area contributed by atoms with Crippen molar-refractivity contribution in [3.63, 3.8) is 0 Å². The molecule has 1 unspecified atom stereocenters. The number of aliphatic hydroxyl groups is 1. The second-order valence-corrected chi connectivity index (χ2v) is 7.46. The fourth-order valence-electron chi connectivity index (χ4n) is 2.03. The third-order valence-electron chi connectivity index (χ3n) is 3.14. The van der Waals surface area contributed by atoms with Gasteiger partial charge in [0.15, 0.2) is 0 Å². The molecule has 24 heavy (non-hydrogen) atoms. The first-order chi connectivity index (χ1) is 11.5. The molecule has 1 heterocycles. The van der Waals surface area contributed by atoms with Crippen LogP contribution in [0.5, 0.6) is 5.75 Å². The van der Waals surface area contributed by atoms with Crippen LogP contribution in [0, 0.1) is 5.82 Å². The molecule has 2 aromatic rings. The van der Waals surface area contributed by atoms with E-state index in [4.69, 9.17) is 14.6 Å². The molecule has 0 saturated carbocycles. The zero-order valence-electron chi connectivity index (χ0n) is 12.9. The lowest BCUT2D eigenvalue weighted by Crippen LogP contribution is -2.30. The molecule has 0 amide bonds. The highest BCUT2D eigenvalue weighted by Crippen LogP contribution is 2.26. The molecule has 9 heteroatoms.